The fourth-order valence-corrected chi connectivity index (χ4v) is 0.640. The molecule has 7 heteroatoms. The van der Waals surface area contributed by atoms with E-state index >= 15 is 0 Å². The number of aliphatic hydroxyl groups excluding tert-OH is 4. The van der Waals surface area contributed by atoms with Crippen molar-refractivity contribution in [1.82, 2.24) is 0 Å². The minimum absolute atomic E-state index is 0.340. The number of halogens is 1. The number of carbonyl (C=O) groups is 1. The van der Waals surface area contributed by atoms with Crippen LogP contribution in [-0.2, 0) is 4.79 Å². The van der Waals surface area contributed by atoms with Gasteiger partial charge in [-0.15, -0.1) is 0 Å². The number of alkyl halides is 1. The zero-order chi connectivity index (χ0) is 10.6. The number of carbonyl (C=O) groups excluding carboxylic acids is 1. The molecule has 0 aromatic carbocycles. The second-order valence-electron chi connectivity index (χ2n) is 2.50. The Morgan fingerprint density at radius 3 is 2.15 bits per heavy atom. The van der Waals surface area contributed by atoms with Gasteiger partial charge in [0.1, 0.15) is 12.2 Å². The van der Waals surface area contributed by atoms with Crippen molar-refractivity contribution >= 4 is 6.29 Å². The lowest BCUT2D eigenvalue weighted by Crippen LogP contribution is -2.55. The molecule has 0 spiro atoms. The smallest absolute Gasteiger partial charge is 0.268 e. The van der Waals surface area contributed by atoms with Crippen molar-refractivity contribution in [3.05, 3.63) is 0 Å². The maximum absolute atomic E-state index is 12.9. The molecule has 0 radical (unpaired) electrons. The van der Waals surface area contributed by atoms with E-state index in [1.54, 1.807) is 0 Å². The van der Waals surface area contributed by atoms with E-state index in [1.807, 2.05) is 0 Å². The van der Waals surface area contributed by atoms with Crippen LogP contribution in [0.4, 0.5) is 4.39 Å². The monoisotopic (exact) mass is 198 g/mol. The largest absolute Gasteiger partial charge is 0.394 e. The fraction of sp³-hybridized carbons (Fsp3) is 0.833. The molecule has 4 atom stereocenters. The fourth-order valence-electron chi connectivity index (χ4n) is 0.640. The Morgan fingerprint density at radius 2 is 1.85 bits per heavy atom. The third kappa shape index (κ3) is 2.68. The SMILES string of the molecule is O=C[C@@H](O)[C@](O)(F)[C@H](O)[C@H](O)CO. The van der Waals surface area contributed by atoms with Crippen LogP contribution >= 0.6 is 0 Å². The Labute approximate surface area is 72.9 Å². The van der Waals surface area contributed by atoms with Gasteiger partial charge in [0, 0.05) is 0 Å². The van der Waals surface area contributed by atoms with Gasteiger partial charge in [-0.25, -0.2) is 4.39 Å². The van der Waals surface area contributed by atoms with Crippen LogP contribution < -0.4 is 0 Å². The second kappa shape index (κ2) is 4.58. The van der Waals surface area contributed by atoms with Gasteiger partial charge in [0.15, 0.2) is 12.4 Å². The summed E-state index contributed by atoms with van der Waals surface area (Å²) >= 11 is 0. The Kier molecular flexibility index (Phi) is 4.37. The molecule has 78 valence electrons. The third-order valence-corrected chi connectivity index (χ3v) is 1.51. The van der Waals surface area contributed by atoms with Crippen molar-refractivity contribution in [1.29, 1.82) is 0 Å². The summed E-state index contributed by atoms with van der Waals surface area (Å²) in [6.07, 6.45) is -7.26. The number of hydrogen-bond donors (Lipinski definition) is 5. The molecule has 0 amide bonds. The van der Waals surface area contributed by atoms with Gasteiger partial charge in [-0.05, 0) is 0 Å². The molecule has 6 nitrogen and oxygen atoms in total. The molecule has 0 rings (SSSR count). The minimum Gasteiger partial charge on any atom is -0.394 e. The van der Waals surface area contributed by atoms with E-state index in [0.717, 1.165) is 0 Å². The number of aldehydes is 1. The maximum atomic E-state index is 12.9. The molecule has 0 saturated heterocycles. The molecule has 0 fully saturated rings. The Hall–Kier alpha value is -0.600. The van der Waals surface area contributed by atoms with Gasteiger partial charge in [-0.3, -0.25) is 0 Å². The predicted octanol–water partition coefficient (Wildman–Crippen LogP) is -3.08. The molecule has 0 aromatic heterocycles. The molecule has 0 aromatic rings. The standard InChI is InChI=1S/C6H11FO6/c7-6(13,4(11)2-9)5(12)3(10)1-8/h2-5,8,10-13H,1H2/t3-,4-,5-,6-/m1/s1. The van der Waals surface area contributed by atoms with Crippen LogP contribution in [0.15, 0.2) is 0 Å². The maximum Gasteiger partial charge on any atom is 0.268 e. The number of rotatable bonds is 5. The van der Waals surface area contributed by atoms with Crippen LogP contribution in [0.5, 0.6) is 0 Å². The summed E-state index contributed by atoms with van der Waals surface area (Å²) in [5.41, 5.74) is 0. The van der Waals surface area contributed by atoms with Crippen LogP contribution in [0.3, 0.4) is 0 Å². The first-order valence-corrected chi connectivity index (χ1v) is 3.39. The minimum atomic E-state index is -3.68. The van der Waals surface area contributed by atoms with Gasteiger partial charge in [-0.1, -0.05) is 0 Å². The zero-order valence-corrected chi connectivity index (χ0v) is 6.54. The van der Waals surface area contributed by atoms with Gasteiger partial charge >= 0.3 is 0 Å². The lowest BCUT2D eigenvalue weighted by Gasteiger charge is -2.28. The van der Waals surface area contributed by atoms with Gasteiger partial charge in [-0.2, -0.15) is 0 Å². The topological polar surface area (TPSA) is 118 Å². The lowest BCUT2D eigenvalue weighted by atomic mass is 10.0. The van der Waals surface area contributed by atoms with E-state index in [2.05, 4.69) is 0 Å². The highest BCUT2D eigenvalue weighted by Gasteiger charge is 2.46. The molecule has 0 aliphatic heterocycles. The highest BCUT2D eigenvalue weighted by atomic mass is 19.2. The first kappa shape index (κ1) is 12.4. The van der Waals surface area contributed by atoms with Gasteiger partial charge in [0.05, 0.1) is 6.61 Å². The molecule has 0 unspecified atom stereocenters. The third-order valence-electron chi connectivity index (χ3n) is 1.51. The van der Waals surface area contributed by atoms with E-state index in [4.69, 9.17) is 25.5 Å². The number of hydrogen-bond acceptors (Lipinski definition) is 6. The quantitative estimate of drug-likeness (QED) is 0.299. The van der Waals surface area contributed by atoms with Gasteiger partial charge in [0.25, 0.3) is 5.85 Å². The molecule has 0 aliphatic rings. The average Bonchev–Trinajstić information content (AvgIpc) is 2.13. The van der Waals surface area contributed by atoms with Crippen LogP contribution in [0, 0.1) is 0 Å². The predicted molar refractivity (Wildman–Crippen MR) is 37.2 cm³/mol. The Balaban J connectivity index is 4.51. The summed E-state index contributed by atoms with van der Waals surface area (Å²) in [6.45, 7) is -1.01. The van der Waals surface area contributed by atoms with Crippen LogP contribution in [0.2, 0.25) is 0 Å². The first-order valence-electron chi connectivity index (χ1n) is 3.39. The highest BCUT2D eigenvalue weighted by Crippen LogP contribution is 2.19. The lowest BCUT2D eigenvalue weighted by molar-refractivity contribution is -0.242. The van der Waals surface area contributed by atoms with Crippen molar-refractivity contribution in [2.75, 3.05) is 6.61 Å². The molecule has 0 aliphatic carbocycles. The Morgan fingerprint density at radius 1 is 1.38 bits per heavy atom. The van der Waals surface area contributed by atoms with Crippen molar-refractivity contribution < 1.29 is 34.7 Å². The van der Waals surface area contributed by atoms with Crippen molar-refractivity contribution in [2.24, 2.45) is 0 Å². The summed E-state index contributed by atoms with van der Waals surface area (Å²) < 4.78 is 12.9. The summed E-state index contributed by atoms with van der Waals surface area (Å²) in [5, 5.41) is 43.0. The summed E-state index contributed by atoms with van der Waals surface area (Å²) in [6, 6.07) is 0. The molecule has 0 bridgehead atoms. The molecular formula is C6H11FO6. The van der Waals surface area contributed by atoms with E-state index in [-0.39, 0.29) is 6.29 Å². The number of aliphatic hydroxyl groups is 5. The van der Waals surface area contributed by atoms with E-state index in [9.17, 15) is 9.18 Å². The van der Waals surface area contributed by atoms with Crippen molar-refractivity contribution in [2.45, 2.75) is 24.2 Å². The Bertz CT molecular complexity index is 173. The zero-order valence-electron chi connectivity index (χ0n) is 6.54. The van der Waals surface area contributed by atoms with Crippen LogP contribution in [0.25, 0.3) is 0 Å². The highest BCUT2D eigenvalue weighted by molar-refractivity contribution is 5.57. The van der Waals surface area contributed by atoms with Gasteiger partial charge in [0.2, 0.25) is 0 Å². The molecule has 0 heterocycles. The normalized spacial score (nSPS) is 22.9. The molecule has 5 N–H and O–H groups in total. The van der Waals surface area contributed by atoms with Crippen LogP contribution in [-0.4, -0.2) is 62.6 Å². The van der Waals surface area contributed by atoms with E-state index in [1.165, 1.54) is 0 Å². The molecule has 13 heavy (non-hydrogen) atoms. The van der Waals surface area contributed by atoms with E-state index < -0.39 is 30.8 Å². The summed E-state index contributed by atoms with van der Waals surface area (Å²) in [5.74, 6) is -3.68. The second-order valence-corrected chi connectivity index (χ2v) is 2.50. The van der Waals surface area contributed by atoms with Gasteiger partial charge < -0.3 is 30.3 Å². The summed E-state index contributed by atoms with van der Waals surface area (Å²) in [4.78, 5) is 9.86. The summed E-state index contributed by atoms with van der Waals surface area (Å²) in [7, 11) is 0. The molecule has 0 saturated carbocycles. The van der Waals surface area contributed by atoms with Crippen LogP contribution in [0.1, 0.15) is 0 Å². The van der Waals surface area contributed by atoms with Crippen molar-refractivity contribution in [3.63, 3.8) is 0 Å². The molecular weight excluding hydrogens is 187 g/mol. The first-order chi connectivity index (χ1) is 5.87. The average molecular weight is 198 g/mol. The van der Waals surface area contributed by atoms with E-state index in [0.29, 0.717) is 0 Å². The van der Waals surface area contributed by atoms with Crippen molar-refractivity contribution in [3.8, 4) is 0 Å².